The molecule has 1 fully saturated rings. The van der Waals surface area contributed by atoms with Gasteiger partial charge >= 0.3 is 0 Å². The smallest absolute Gasteiger partial charge is 0.127 e. The minimum Gasteiger partial charge on any atom is -0.508 e. The number of ether oxygens (including phenoxy) is 1. The Morgan fingerprint density at radius 2 is 2.17 bits per heavy atom. The van der Waals surface area contributed by atoms with Gasteiger partial charge < -0.3 is 9.84 Å². The normalized spacial score (nSPS) is 28.8. The SMILES string of the molecule is C=C(C)[C@H]1CC[C@]2(C)C[C@H]1c1c(O)cc(CCCCC)cc1O2. The van der Waals surface area contributed by atoms with Crippen LogP contribution in [0.15, 0.2) is 24.3 Å². The van der Waals surface area contributed by atoms with Crippen molar-refractivity contribution in [3.63, 3.8) is 0 Å². The minimum absolute atomic E-state index is 0.0852. The van der Waals surface area contributed by atoms with Crippen molar-refractivity contribution < 1.29 is 9.84 Å². The molecule has 2 aliphatic rings. The Hall–Kier alpha value is -1.44. The van der Waals surface area contributed by atoms with E-state index in [-0.39, 0.29) is 5.60 Å². The van der Waals surface area contributed by atoms with E-state index in [1.165, 1.54) is 30.4 Å². The summed E-state index contributed by atoms with van der Waals surface area (Å²) in [5.74, 6) is 2.15. The Morgan fingerprint density at radius 3 is 2.87 bits per heavy atom. The second-order valence-electron chi connectivity index (χ2n) is 7.84. The fraction of sp³-hybridized carbons (Fsp3) is 0.619. The van der Waals surface area contributed by atoms with Gasteiger partial charge in [-0.05, 0) is 69.6 Å². The number of benzene rings is 1. The Labute approximate surface area is 140 Å². The fourth-order valence-corrected chi connectivity index (χ4v) is 4.47. The van der Waals surface area contributed by atoms with Crippen molar-refractivity contribution in [3.05, 3.63) is 35.4 Å². The number of aromatic hydroxyl groups is 1. The molecule has 0 aromatic heterocycles. The highest BCUT2D eigenvalue weighted by molar-refractivity contribution is 5.52. The molecule has 1 aromatic carbocycles. The number of fused-ring (bicyclic) bond motifs is 4. The van der Waals surface area contributed by atoms with Crippen LogP contribution in [-0.4, -0.2) is 10.7 Å². The quantitative estimate of drug-likeness (QED) is 0.555. The summed E-state index contributed by atoms with van der Waals surface area (Å²) in [4.78, 5) is 0. The van der Waals surface area contributed by atoms with Gasteiger partial charge in [0.2, 0.25) is 0 Å². The number of rotatable bonds is 5. The number of unbranched alkanes of at least 4 members (excludes halogenated alkanes) is 2. The predicted molar refractivity (Wildman–Crippen MR) is 95.3 cm³/mol. The third kappa shape index (κ3) is 3.13. The lowest BCUT2D eigenvalue weighted by Crippen LogP contribution is -2.44. The highest BCUT2D eigenvalue weighted by atomic mass is 16.5. The second-order valence-corrected chi connectivity index (χ2v) is 7.84. The fourth-order valence-electron chi connectivity index (χ4n) is 4.47. The van der Waals surface area contributed by atoms with Crippen molar-refractivity contribution in [2.24, 2.45) is 5.92 Å². The summed E-state index contributed by atoms with van der Waals surface area (Å²) in [7, 11) is 0. The molecule has 23 heavy (non-hydrogen) atoms. The maximum Gasteiger partial charge on any atom is 0.127 e. The Balaban J connectivity index is 1.96. The average Bonchev–Trinajstić information content (AvgIpc) is 2.46. The van der Waals surface area contributed by atoms with E-state index in [4.69, 9.17) is 4.74 Å². The highest BCUT2D eigenvalue weighted by Crippen LogP contribution is 2.55. The topological polar surface area (TPSA) is 29.5 Å². The summed E-state index contributed by atoms with van der Waals surface area (Å²) in [6.07, 6.45) is 7.80. The van der Waals surface area contributed by atoms with Crippen LogP contribution in [-0.2, 0) is 6.42 Å². The first-order chi connectivity index (χ1) is 10.9. The molecule has 1 N–H and O–H groups in total. The zero-order chi connectivity index (χ0) is 16.6. The van der Waals surface area contributed by atoms with E-state index < -0.39 is 0 Å². The van der Waals surface area contributed by atoms with Gasteiger partial charge in [-0.1, -0.05) is 31.9 Å². The molecule has 1 aromatic rings. The molecule has 0 spiro atoms. The number of phenols is 1. The molecule has 126 valence electrons. The molecule has 2 bridgehead atoms. The number of hydrogen-bond acceptors (Lipinski definition) is 2. The van der Waals surface area contributed by atoms with Gasteiger partial charge in [0, 0.05) is 11.5 Å². The van der Waals surface area contributed by atoms with Crippen molar-refractivity contribution in [1.82, 2.24) is 0 Å². The Bertz CT molecular complexity index is 604. The summed E-state index contributed by atoms with van der Waals surface area (Å²) in [6.45, 7) is 10.8. The summed E-state index contributed by atoms with van der Waals surface area (Å²) in [6, 6.07) is 4.14. The lowest BCUT2D eigenvalue weighted by atomic mass is 9.65. The molecule has 1 aliphatic heterocycles. The van der Waals surface area contributed by atoms with Crippen LogP contribution in [0, 0.1) is 5.92 Å². The van der Waals surface area contributed by atoms with Crippen LogP contribution in [0.4, 0.5) is 0 Å². The van der Waals surface area contributed by atoms with Gasteiger partial charge in [-0.25, -0.2) is 0 Å². The summed E-state index contributed by atoms with van der Waals surface area (Å²) < 4.78 is 6.36. The Morgan fingerprint density at radius 1 is 1.39 bits per heavy atom. The van der Waals surface area contributed by atoms with E-state index in [9.17, 15) is 5.11 Å². The molecular weight excluding hydrogens is 284 g/mol. The van der Waals surface area contributed by atoms with Crippen molar-refractivity contribution >= 4 is 0 Å². The molecule has 2 heteroatoms. The second kappa shape index (κ2) is 6.22. The van der Waals surface area contributed by atoms with Gasteiger partial charge in [0.25, 0.3) is 0 Å². The molecule has 2 nitrogen and oxygen atoms in total. The van der Waals surface area contributed by atoms with Crippen LogP contribution in [0.3, 0.4) is 0 Å². The Kier molecular flexibility index (Phi) is 4.44. The molecule has 1 heterocycles. The zero-order valence-electron chi connectivity index (χ0n) is 14.8. The number of aryl methyl sites for hydroxylation is 1. The third-order valence-corrected chi connectivity index (χ3v) is 5.73. The van der Waals surface area contributed by atoms with Crippen LogP contribution < -0.4 is 4.74 Å². The van der Waals surface area contributed by atoms with Crippen molar-refractivity contribution in [2.75, 3.05) is 0 Å². The van der Waals surface area contributed by atoms with Gasteiger partial charge in [0.15, 0.2) is 0 Å². The molecule has 0 radical (unpaired) electrons. The first-order valence-corrected chi connectivity index (χ1v) is 9.14. The van der Waals surface area contributed by atoms with Gasteiger partial charge in [-0.2, -0.15) is 0 Å². The molecule has 0 saturated heterocycles. The van der Waals surface area contributed by atoms with E-state index in [1.807, 2.05) is 6.07 Å². The van der Waals surface area contributed by atoms with Gasteiger partial charge in [0.05, 0.1) is 0 Å². The van der Waals surface area contributed by atoms with Crippen LogP contribution in [0.1, 0.15) is 76.3 Å². The molecule has 1 aliphatic carbocycles. The largest absolute Gasteiger partial charge is 0.508 e. The van der Waals surface area contributed by atoms with E-state index >= 15 is 0 Å². The monoisotopic (exact) mass is 314 g/mol. The lowest BCUT2D eigenvalue weighted by molar-refractivity contribution is 0.00630. The maximum atomic E-state index is 10.7. The molecule has 1 saturated carbocycles. The standard InChI is InChI=1S/C21H30O2/c1-5-6-7-8-15-11-18(22)20-17-13-21(4,23-19(20)12-15)10-9-16(17)14(2)3/h11-12,16-17,22H,2,5-10,13H2,1,3-4H3/t16-,17-,21-/m1/s1. The van der Waals surface area contributed by atoms with Gasteiger partial charge in [-0.3, -0.25) is 0 Å². The number of allylic oxidation sites excluding steroid dienone is 1. The minimum atomic E-state index is -0.0852. The van der Waals surface area contributed by atoms with Crippen LogP contribution >= 0.6 is 0 Å². The average molecular weight is 314 g/mol. The van der Waals surface area contributed by atoms with Crippen LogP contribution in [0.2, 0.25) is 0 Å². The summed E-state index contributed by atoms with van der Waals surface area (Å²) in [5, 5.41) is 10.7. The van der Waals surface area contributed by atoms with Gasteiger partial charge in [0.1, 0.15) is 17.1 Å². The van der Waals surface area contributed by atoms with Crippen molar-refractivity contribution in [2.45, 2.75) is 77.2 Å². The molecule has 3 rings (SSSR count). The molecular formula is C21H30O2. The van der Waals surface area contributed by atoms with E-state index in [0.29, 0.717) is 17.6 Å². The van der Waals surface area contributed by atoms with E-state index in [2.05, 4.69) is 33.4 Å². The number of hydrogen-bond donors (Lipinski definition) is 1. The molecule has 3 atom stereocenters. The highest BCUT2D eigenvalue weighted by Gasteiger charge is 2.46. The number of phenolic OH excluding ortho intramolecular Hbond substituents is 1. The third-order valence-electron chi connectivity index (χ3n) is 5.73. The van der Waals surface area contributed by atoms with Crippen LogP contribution in [0.5, 0.6) is 11.5 Å². The first kappa shape index (κ1) is 16.4. The van der Waals surface area contributed by atoms with E-state index in [1.54, 1.807) is 0 Å². The van der Waals surface area contributed by atoms with Crippen molar-refractivity contribution in [1.29, 1.82) is 0 Å². The zero-order valence-corrected chi connectivity index (χ0v) is 14.8. The van der Waals surface area contributed by atoms with Crippen molar-refractivity contribution in [3.8, 4) is 11.5 Å². The summed E-state index contributed by atoms with van der Waals surface area (Å²) in [5.41, 5.74) is 3.37. The molecule has 0 unspecified atom stereocenters. The summed E-state index contributed by atoms with van der Waals surface area (Å²) >= 11 is 0. The predicted octanol–water partition coefficient (Wildman–Crippen LogP) is 5.74. The lowest BCUT2D eigenvalue weighted by Gasteiger charge is -2.48. The first-order valence-electron chi connectivity index (χ1n) is 9.14. The van der Waals surface area contributed by atoms with E-state index in [0.717, 1.165) is 37.0 Å². The maximum absolute atomic E-state index is 10.7. The van der Waals surface area contributed by atoms with Crippen LogP contribution in [0.25, 0.3) is 0 Å². The molecule has 0 amide bonds. The van der Waals surface area contributed by atoms with Gasteiger partial charge in [-0.15, -0.1) is 0 Å².